The van der Waals surface area contributed by atoms with Gasteiger partial charge in [0, 0.05) is 0 Å². The van der Waals surface area contributed by atoms with E-state index in [-0.39, 0.29) is 11.9 Å². The molecule has 0 bridgehead atoms. The molecule has 0 heterocycles. The molecule has 0 radical (unpaired) electrons. The normalized spacial score (nSPS) is 15.0. The lowest BCUT2D eigenvalue weighted by molar-refractivity contribution is -0.140. The first-order valence-electron chi connectivity index (χ1n) is 8.90. The number of carbonyl (C=O) groups excluding carboxylic acids is 1. The van der Waals surface area contributed by atoms with Crippen LogP contribution in [0.3, 0.4) is 0 Å². The van der Waals surface area contributed by atoms with E-state index >= 15 is 0 Å². The molecular formula is C20H34O2Si2. The van der Waals surface area contributed by atoms with Gasteiger partial charge in [0.15, 0.2) is 0 Å². The van der Waals surface area contributed by atoms with Crippen molar-refractivity contribution >= 4 is 27.5 Å². The monoisotopic (exact) mass is 362 g/mol. The van der Waals surface area contributed by atoms with Gasteiger partial charge in [0.05, 0.1) is 14.0 Å². The SMILES string of the molecule is C=CC[C@H](C(=O)O[Si](C)(C)C)[C@@H](C(C)C)[Si](C)(C)c1ccccc1. The highest BCUT2D eigenvalue weighted by Gasteiger charge is 2.44. The molecule has 0 spiro atoms. The summed E-state index contributed by atoms with van der Waals surface area (Å²) in [6, 6.07) is 10.7. The molecule has 0 amide bonds. The summed E-state index contributed by atoms with van der Waals surface area (Å²) in [6.07, 6.45) is 2.57. The molecule has 0 saturated heterocycles. The fraction of sp³-hybridized carbons (Fsp3) is 0.550. The Morgan fingerprint density at radius 3 is 2.08 bits per heavy atom. The quantitative estimate of drug-likeness (QED) is 0.469. The van der Waals surface area contributed by atoms with Gasteiger partial charge in [-0.25, -0.2) is 0 Å². The minimum atomic E-state index is -1.90. The highest BCUT2D eigenvalue weighted by atomic mass is 28.4. The average Bonchev–Trinajstić information content (AvgIpc) is 2.45. The number of carbonyl (C=O) groups is 1. The zero-order chi connectivity index (χ0) is 18.5. The molecule has 24 heavy (non-hydrogen) atoms. The lowest BCUT2D eigenvalue weighted by Gasteiger charge is -2.41. The van der Waals surface area contributed by atoms with Crippen molar-refractivity contribution in [3.05, 3.63) is 43.0 Å². The van der Waals surface area contributed by atoms with Gasteiger partial charge in [0.2, 0.25) is 8.32 Å². The van der Waals surface area contributed by atoms with E-state index in [1.165, 1.54) is 5.19 Å². The van der Waals surface area contributed by atoms with Gasteiger partial charge < -0.3 is 4.43 Å². The lowest BCUT2D eigenvalue weighted by Crippen LogP contribution is -2.52. The summed E-state index contributed by atoms with van der Waals surface area (Å²) in [7, 11) is -3.74. The third-order valence-corrected chi connectivity index (χ3v) is 10.0. The fourth-order valence-electron chi connectivity index (χ4n) is 3.81. The second-order valence-electron chi connectivity index (χ2n) is 8.52. The van der Waals surface area contributed by atoms with Crippen LogP contribution in [-0.4, -0.2) is 22.4 Å². The molecule has 1 rings (SSSR count). The van der Waals surface area contributed by atoms with Gasteiger partial charge in [0.1, 0.15) is 0 Å². The minimum absolute atomic E-state index is 0.0238. The van der Waals surface area contributed by atoms with Crippen molar-refractivity contribution in [2.45, 2.75) is 58.5 Å². The number of hydrogen-bond acceptors (Lipinski definition) is 2. The molecule has 0 aliphatic heterocycles. The number of allylic oxidation sites excluding steroid dienone is 1. The van der Waals surface area contributed by atoms with E-state index in [9.17, 15) is 4.79 Å². The molecule has 0 saturated carbocycles. The fourth-order valence-corrected chi connectivity index (χ4v) is 8.94. The first-order chi connectivity index (χ1) is 11.0. The summed E-state index contributed by atoms with van der Waals surface area (Å²) in [4.78, 5) is 13.0. The van der Waals surface area contributed by atoms with Gasteiger partial charge >= 0.3 is 0 Å². The topological polar surface area (TPSA) is 26.3 Å². The Labute approximate surface area is 150 Å². The predicted molar refractivity (Wildman–Crippen MR) is 110 cm³/mol. The molecule has 0 fully saturated rings. The summed E-state index contributed by atoms with van der Waals surface area (Å²) < 4.78 is 5.89. The molecule has 0 N–H and O–H groups in total. The van der Waals surface area contributed by atoms with E-state index in [2.05, 4.69) is 83.5 Å². The van der Waals surface area contributed by atoms with Crippen LogP contribution in [0.25, 0.3) is 0 Å². The van der Waals surface area contributed by atoms with Crippen LogP contribution in [0.2, 0.25) is 38.3 Å². The van der Waals surface area contributed by atoms with Crippen molar-refractivity contribution < 1.29 is 9.22 Å². The van der Waals surface area contributed by atoms with Gasteiger partial charge in [0.25, 0.3) is 5.97 Å². The van der Waals surface area contributed by atoms with Crippen LogP contribution in [-0.2, 0) is 9.22 Å². The molecule has 134 valence electrons. The van der Waals surface area contributed by atoms with E-state index in [0.717, 1.165) is 0 Å². The van der Waals surface area contributed by atoms with Crippen LogP contribution in [0, 0.1) is 11.8 Å². The van der Waals surface area contributed by atoms with E-state index in [1.807, 2.05) is 6.08 Å². The third kappa shape index (κ3) is 5.45. The standard InChI is InChI=1S/C20H34O2Si2/c1-9-13-18(20(21)22-23(4,5)6)19(16(2)3)24(7,8)17-14-11-10-12-15-17/h9-12,14-16,18-19H,1,13H2,2-8H3/t18-,19+/m0/s1. The van der Waals surface area contributed by atoms with Gasteiger partial charge in [-0.15, -0.1) is 6.58 Å². The number of hydrogen-bond donors (Lipinski definition) is 0. The molecule has 0 aliphatic rings. The maximum Gasteiger partial charge on any atom is 0.295 e. The smallest absolute Gasteiger partial charge is 0.295 e. The van der Waals surface area contributed by atoms with Crippen LogP contribution in [0.1, 0.15) is 20.3 Å². The number of benzene rings is 1. The lowest BCUT2D eigenvalue weighted by atomic mass is 9.93. The first-order valence-corrected chi connectivity index (χ1v) is 15.4. The van der Waals surface area contributed by atoms with E-state index in [1.54, 1.807) is 0 Å². The molecule has 1 aromatic carbocycles. The minimum Gasteiger partial charge on any atom is -0.520 e. The van der Waals surface area contributed by atoms with Gasteiger partial charge in [-0.3, -0.25) is 4.79 Å². The Morgan fingerprint density at radius 2 is 1.67 bits per heavy atom. The molecule has 0 aliphatic carbocycles. The molecule has 2 atom stereocenters. The van der Waals surface area contributed by atoms with Crippen molar-refractivity contribution in [2.75, 3.05) is 0 Å². The van der Waals surface area contributed by atoms with Crippen molar-refractivity contribution in [1.82, 2.24) is 0 Å². The summed E-state index contributed by atoms with van der Waals surface area (Å²) in [5.74, 6) is 0.298. The Morgan fingerprint density at radius 1 is 1.12 bits per heavy atom. The van der Waals surface area contributed by atoms with Crippen LogP contribution < -0.4 is 5.19 Å². The third-order valence-electron chi connectivity index (χ3n) is 4.63. The largest absolute Gasteiger partial charge is 0.520 e. The van der Waals surface area contributed by atoms with Gasteiger partial charge in [-0.05, 0) is 37.5 Å². The molecular weight excluding hydrogens is 328 g/mol. The Bertz CT molecular complexity index is 545. The molecule has 4 heteroatoms. The van der Waals surface area contributed by atoms with E-state index in [0.29, 0.717) is 17.9 Å². The summed E-state index contributed by atoms with van der Waals surface area (Å²) in [6.45, 7) is 19.3. The second kappa shape index (κ2) is 8.30. The van der Waals surface area contributed by atoms with Gasteiger partial charge in [-0.1, -0.05) is 68.5 Å². The Hall–Kier alpha value is -1.14. The predicted octanol–water partition coefficient (Wildman–Crippen LogP) is 5.20. The van der Waals surface area contributed by atoms with Crippen LogP contribution in [0.15, 0.2) is 43.0 Å². The highest BCUT2D eigenvalue weighted by molar-refractivity contribution is 6.91. The van der Waals surface area contributed by atoms with Crippen LogP contribution in [0.4, 0.5) is 0 Å². The summed E-state index contributed by atoms with van der Waals surface area (Å²) >= 11 is 0. The first kappa shape index (κ1) is 20.9. The van der Waals surface area contributed by atoms with Crippen molar-refractivity contribution in [1.29, 1.82) is 0 Å². The molecule has 0 aromatic heterocycles. The number of rotatable bonds is 8. The van der Waals surface area contributed by atoms with Crippen molar-refractivity contribution in [2.24, 2.45) is 11.8 Å². The molecule has 2 nitrogen and oxygen atoms in total. The molecule has 0 unspecified atom stereocenters. The van der Waals surface area contributed by atoms with E-state index in [4.69, 9.17) is 4.43 Å². The van der Waals surface area contributed by atoms with E-state index < -0.39 is 16.4 Å². The second-order valence-corrected chi connectivity index (χ2v) is 17.6. The molecule has 1 aromatic rings. The average molecular weight is 363 g/mol. The van der Waals surface area contributed by atoms with Gasteiger partial charge in [-0.2, -0.15) is 0 Å². The van der Waals surface area contributed by atoms with Crippen LogP contribution in [0.5, 0.6) is 0 Å². The zero-order valence-electron chi connectivity index (χ0n) is 16.4. The zero-order valence-corrected chi connectivity index (χ0v) is 18.4. The maximum absolute atomic E-state index is 13.0. The Balaban J connectivity index is 3.27. The van der Waals surface area contributed by atoms with Crippen LogP contribution >= 0.6 is 0 Å². The summed E-state index contributed by atoms with van der Waals surface area (Å²) in [5.41, 5.74) is 0.321. The van der Waals surface area contributed by atoms with Crippen molar-refractivity contribution in [3.63, 3.8) is 0 Å². The highest BCUT2D eigenvalue weighted by Crippen LogP contribution is 2.40. The van der Waals surface area contributed by atoms with Crippen molar-refractivity contribution in [3.8, 4) is 0 Å². The summed E-state index contributed by atoms with van der Waals surface area (Å²) in [5, 5.41) is 1.40. The Kier molecular flexibility index (Phi) is 7.23. The maximum atomic E-state index is 13.0.